The highest BCUT2D eigenvalue weighted by Gasteiger charge is 2.22. The van der Waals surface area contributed by atoms with Gasteiger partial charge < -0.3 is 15.5 Å². The number of nitrogen functional groups attached to an aromatic ring is 1. The summed E-state index contributed by atoms with van der Waals surface area (Å²) >= 11 is 6.00. The first-order chi connectivity index (χ1) is 8.58. The molecule has 0 bridgehead atoms. The molecule has 1 aromatic rings. The van der Waals surface area contributed by atoms with E-state index in [0.29, 0.717) is 17.4 Å². The zero-order chi connectivity index (χ0) is 13.1. The molecule has 1 fully saturated rings. The van der Waals surface area contributed by atoms with Gasteiger partial charge in [-0.1, -0.05) is 11.6 Å². The van der Waals surface area contributed by atoms with E-state index in [1.54, 1.807) is 17.0 Å². The summed E-state index contributed by atoms with van der Waals surface area (Å²) in [6.45, 7) is 3.30. The zero-order valence-electron chi connectivity index (χ0n) is 10.4. The molecule has 5 nitrogen and oxygen atoms in total. The third kappa shape index (κ3) is 2.91. The number of aromatic nitrogens is 1. The minimum Gasteiger partial charge on any atom is -0.384 e. The summed E-state index contributed by atoms with van der Waals surface area (Å²) in [5, 5.41) is 0.354. The normalized spacial score (nSPS) is 17.6. The lowest BCUT2D eigenvalue weighted by atomic mass is 10.3. The van der Waals surface area contributed by atoms with Gasteiger partial charge in [0, 0.05) is 19.6 Å². The fourth-order valence-electron chi connectivity index (χ4n) is 2.01. The maximum absolute atomic E-state index is 12.3. The Morgan fingerprint density at radius 3 is 2.89 bits per heavy atom. The number of rotatable bonds is 1. The highest BCUT2D eigenvalue weighted by atomic mass is 35.5. The summed E-state index contributed by atoms with van der Waals surface area (Å²) in [7, 11) is 2.06. The molecular weight excluding hydrogens is 252 g/mol. The van der Waals surface area contributed by atoms with Crippen molar-refractivity contribution in [3.8, 4) is 0 Å². The third-order valence-corrected chi connectivity index (χ3v) is 3.38. The van der Waals surface area contributed by atoms with Crippen LogP contribution in [0.4, 0.5) is 5.82 Å². The molecule has 0 spiro atoms. The number of nitrogens with two attached hydrogens (primary N) is 1. The summed E-state index contributed by atoms with van der Waals surface area (Å²) in [6.07, 6.45) is 0.960. The first-order valence-corrected chi connectivity index (χ1v) is 6.35. The van der Waals surface area contributed by atoms with E-state index in [-0.39, 0.29) is 11.6 Å². The standard InChI is InChI=1S/C12H17ClN4O/c1-16-5-2-6-17(8-7-16)12(18)11-9(13)3-4-10(14)15-11/h3-4H,2,5-8H2,1H3,(H2,14,15). The van der Waals surface area contributed by atoms with Gasteiger partial charge in [0.1, 0.15) is 11.5 Å². The van der Waals surface area contributed by atoms with E-state index in [1.807, 2.05) is 0 Å². The number of halogens is 1. The first kappa shape index (κ1) is 13.1. The fourth-order valence-corrected chi connectivity index (χ4v) is 2.19. The zero-order valence-corrected chi connectivity index (χ0v) is 11.2. The highest BCUT2D eigenvalue weighted by Crippen LogP contribution is 2.18. The van der Waals surface area contributed by atoms with Gasteiger partial charge in [0.2, 0.25) is 0 Å². The van der Waals surface area contributed by atoms with Gasteiger partial charge in [0.05, 0.1) is 5.02 Å². The average Bonchev–Trinajstić information content (AvgIpc) is 2.56. The first-order valence-electron chi connectivity index (χ1n) is 5.98. The van der Waals surface area contributed by atoms with Crippen molar-refractivity contribution < 1.29 is 4.79 Å². The van der Waals surface area contributed by atoms with E-state index >= 15 is 0 Å². The minimum absolute atomic E-state index is 0.136. The van der Waals surface area contributed by atoms with Crippen LogP contribution >= 0.6 is 11.6 Å². The number of hydrogen-bond acceptors (Lipinski definition) is 4. The quantitative estimate of drug-likeness (QED) is 0.828. The molecule has 0 saturated carbocycles. The fraction of sp³-hybridized carbons (Fsp3) is 0.500. The molecule has 2 rings (SSSR count). The van der Waals surface area contributed by atoms with Crippen molar-refractivity contribution in [2.24, 2.45) is 0 Å². The lowest BCUT2D eigenvalue weighted by molar-refractivity contribution is 0.0757. The molecule has 0 unspecified atom stereocenters. The SMILES string of the molecule is CN1CCCN(C(=O)c2nc(N)ccc2Cl)CC1. The Morgan fingerprint density at radius 2 is 2.11 bits per heavy atom. The molecule has 1 amide bonds. The van der Waals surface area contributed by atoms with Gasteiger partial charge in [-0.2, -0.15) is 0 Å². The van der Waals surface area contributed by atoms with E-state index in [4.69, 9.17) is 17.3 Å². The van der Waals surface area contributed by atoms with Crippen LogP contribution in [0.3, 0.4) is 0 Å². The Hall–Kier alpha value is -1.33. The van der Waals surface area contributed by atoms with Crippen LogP contribution in [0.2, 0.25) is 5.02 Å². The Kier molecular flexibility index (Phi) is 4.04. The van der Waals surface area contributed by atoms with Crippen molar-refractivity contribution in [2.45, 2.75) is 6.42 Å². The molecule has 18 heavy (non-hydrogen) atoms. The van der Waals surface area contributed by atoms with Gasteiger partial charge in [0.25, 0.3) is 5.91 Å². The Morgan fingerprint density at radius 1 is 1.33 bits per heavy atom. The number of carbonyl (C=O) groups excluding carboxylic acids is 1. The maximum atomic E-state index is 12.3. The van der Waals surface area contributed by atoms with E-state index in [2.05, 4.69) is 16.9 Å². The van der Waals surface area contributed by atoms with Gasteiger partial charge in [-0.25, -0.2) is 4.98 Å². The van der Waals surface area contributed by atoms with Gasteiger partial charge in [0.15, 0.2) is 0 Å². The number of amides is 1. The largest absolute Gasteiger partial charge is 0.384 e. The second-order valence-corrected chi connectivity index (χ2v) is 4.92. The number of likely N-dealkylation sites (N-methyl/N-ethyl adjacent to an activating group) is 1. The topological polar surface area (TPSA) is 62.5 Å². The number of pyridine rings is 1. The van der Waals surface area contributed by atoms with Gasteiger partial charge in [-0.15, -0.1) is 0 Å². The van der Waals surface area contributed by atoms with Crippen LogP contribution in [0, 0.1) is 0 Å². The van der Waals surface area contributed by atoms with Crippen LogP contribution in [-0.2, 0) is 0 Å². The average molecular weight is 269 g/mol. The predicted molar refractivity (Wildman–Crippen MR) is 71.7 cm³/mol. The van der Waals surface area contributed by atoms with E-state index < -0.39 is 0 Å². The smallest absolute Gasteiger partial charge is 0.274 e. The summed E-state index contributed by atoms with van der Waals surface area (Å²) in [5.41, 5.74) is 5.85. The molecule has 98 valence electrons. The van der Waals surface area contributed by atoms with Crippen molar-refractivity contribution in [3.05, 3.63) is 22.8 Å². The molecule has 0 atom stereocenters. The maximum Gasteiger partial charge on any atom is 0.274 e. The molecular formula is C12H17ClN4O. The van der Waals surface area contributed by atoms with Crippen molar-refractivity contribution >= 4 is 23.3 Å². The Bertz CT molecular complexity index is 452. The molecule has 1 saturated heterocycles. The molecule has 0 radical (unpaired) electrons. The molecule has 6 heteroatoms. The molecule has 0 aliphatic carbocycles. The van der Waals surface area contributed by atoms with E-state index in [0.717, 1.165) is 26.1 Å². The van der Waals surface area contributed by atoms with Crippen LogP contribution in [0.15, 0.2) is 12.1 Å². The van der Waals surface area contributed by atoms with Crippen LogP contribution < -0.4 is 5.73 Å². The number of hydrogen-bond donors (Lipinski definition) is 1. The second-order valence-electron chi connectivity index (χ2n) is 4.52. The minimum atomic E-state index is -0.136. The van der Waals surface area contributed by atoms with Crippen molar-refractivity contribution in [3.63, 3.8) is 0 Å². The van der Waals surface area contributed by atoms with Gasteiger partial charge in [-0.05, 0) is 32.1 Å². The van der Waals surface area contributed by atoms with Crippen LogP contribution in [0.5, 0.6) is 0 Å². The van der Waals surface area contributed by atoms with Crippen LogP contribution in [0.25, 0.3) is 0 Å². The van der Waals surface area contributed by atoms with E-state index in [1.165, 1.54) is 0 Å². The Labute approximate surface area is 112 Å². The third-order valence-electron chi connectivity index (χ3n) is 3.08. The van der Waals surface area contributed by atoms with Crippen molar-refractivity contribution in [1.29, 1.82) is 0 Å². The number of nitrogens with zero attached hydrogens (tertiary/aromatic N) is 3. The summed E-state index contributed by atoms with van der Waals surface area (Å²) in [4.78, 5) is 20.4. The van der Waals surface area contributed by atoms with Crippen LogP contribution in [0.1, 0.15) is 16.9 Å². The summed E-state index contributed by atoms with van der Waals surface area (Å²) < 4.78 is 0. The lowest BCUT2D eigenvalue weighted by Crippen LogP contribution is -2.35. The van der Waals surface area contributed by atoms with Crippen molar-refractivity contribution in [1.82, 2.24) is 14.8 Å². The predicted octanol–water partition coefficient (Wildman–Crippen LogP) is 1.09. The monoisotopic (exact) mass is 268 g/mol. The Balaban J connectivity index is 2.17. The van der Waals surface area contributed by atoms with Gasteiger partial charge in [-0.3, -0.25) is 4.79 Å². The molecule has 1 aliphatic rings. The van der Waals surface area contributed by atoms with E-state index in [9.17, 15) is 4.79 Å². The highest BCUT2D eigenvalue weighted by molar-refractivity contribution is 6.33. The summed E-state index contributed by atoms with van der Waals surface area (Å²) in [6, 6.07) is 3.20. The lowest BCUT2D eigenvalue weighted by Gasteiger charge is -2.20. The second kappa shape index (κ2) is 5.54. The van der Waals surface area contributed by atoms with Crippen LogP contribution in [-0.4, -0.2) is 53.9 Å². The number of carbonyl (C=O) groups is 1. The molecule has 1 aliphatic heterocycles. The number of anilines is 1. The molecule has 0 aromatic carbocycles. The van der Waals surface area contributed by atoms with Gasteiger partial charge >= 0.3 is 0 Å². The molecule has 1 aromatic heterocycles. The molecule has 2 N–H and O–H groups in total. The molecule has 2 heterocycles. The summed E-state index contributed by atoms with van der Waals surface area (Å²) in [5.74, 6) is 0.178. The van der Waals surface area contributed by atoms with Crippen molar-refractivity contribution in [2.75, 3.05) is 39.0 Å².